The topological polar surface area (TPSA) is 213 Å². The average molecular weight is 632 g/mol. The maximum absolute atomic E-state index is 13.6. The van der Waals surface area contributed by atoms with Crippen molar-refractivity contribution in [2.45, 2.75) is 23.2 Å². The minimum Gasteiger partial charge on any atom is -0.477 e. The molecule has 41 heavy (non-hydrogen) atoms. The standard InChI is InChI=1S/C22H25N5O11S3/c1-11(28)38-9-12-10-40-19-22(39-2,18(32)27(19)15(12)17(30)31)24-16(29)14(13-5-4-8-37-13)23-20(33)25-6-7-26(21(25)34)41(3,35)36/h4-5,8,14,19H,6-7,9-10H2,1-3H3,(H,23,33)(H,24,29)(H,30,31)/t14?,19-,22+/m1/s1. The van der Waals surface area contributed by atoms with Crippen molar-refractivity contribution in [3.63, 3.8) is 0 Å². The van der Waals surface area contributed by atoms with E-state index in [-0.39, 0.29) is 42.5 Å². The van der Waals surface area contributed by atoms with E-state index < -0.39 is 62.1 Å². The Hall–Kier alpha value is -3.71. The van der Waals surface area contributed by atoms with E-state index in [1.54, 1.807) is 0 Å². The van der Waals surface area contributed by atoms with Gasteiger partial charge in [0.1, 0.15) is 23.4 Å². The predicted molar refractivity (Wildman–Crippen MR) is 142 cm³/mol. The SMILES string of the molecule is CS[C@@]1(NC(=O)C(NC(=O)N2CCN(S(C)(=O)=O)C2=O)c2ccco2)C(=O)N2C(C(=O)O)=C(COC(C)=O)CS[C@@H]21. The number of imide groups is 1. The Labute approximate surface area is 241 Å². The van der Waals surface area contributed by atoms with Crippen LogP contribution in [0.5, 0.6) is 0 Å². The number of carboxylic acids is 1. The maximum atomic E-state index is 13.6. The fourth-order valence-corrected chi connectivity index (χ4v) is 7.83. The Balaban J connectivity index is 1.56. The van der Waals surface area contributed by atoms with Gasteiger partial charge >= 0.3 is 24.0 Å². The van der Waals surface area contributed by atoms with Gasteiger partial charge in [-0.05, 0) is 18.4 Å². The van der Waals surface area contributed by atoms with Crippen molar-refractivity contribution in [2.75, 3.05) is 38.0 Å². The number of esters is 1. The normalized spacial score (nSPS) is 23.1. The van der Waals surface area contributed by atoms with Crippen LogP contribution in [-0.2, 0) is 33.9 Å². The number of carbonyl (C=O) groups is 6. The van der Waals surface area contributed by atoms with E-state index in [2.05, 4.69) is 10.6 Å². The number of nitrogens with zero attached hydrogens (tertiary/aromatic N) is 3. The Morgan fingerprint density at radius 2 is 2.00 bits per heavy atom. The van der Waals surface area contributed by atoms with E-state index in [1.807, 2.05) is 0 Å². The lowest BCUT2D eigenvalue weighted by Crippen LogP contribution is -2.78. The first-order valence-corrected chi connectivity index (χ1v) is 15.9. The van der Waals surface area contributed by atoms with Crippen LogP contribution in [-0.4, -0.2) is 112 Å². The highest BCUT2D eigenvalue weighted by Crippen LogP contribution is 2.50. The molecule has 0 saturated carbocycles. The fourth-order valence-electron chi connectivity index (χ4n) is 4.43. The first-order valence-electron chi connectivity index (χ1n) is 11.8. The zero-order valence-electron chi connectivity index (χ0n) is 21.8. The molecule has 19 heteroatoms. The largest absolute Gasteiger partial charge is 0.477 e. The summed E-state index contributed by atoms with van der Waals surface area (Å²) >= 11 is 2.10. The van der Waals surface area contributed by atoms with Crippen LogP contribution in [0.25, 0.3) is 0 Å². The van der Waals surface area contributed by atoms with Crippen molar-refractivity contribution in [2.24, 2.45) is 0 Å². The van der Waals surface area contributed by atoms with Crippen LogP contribution >= 0.6 is 23.5 Å². The van der Waals surface area contributed by atoms with Gasteiger partial charge in [-0.1, -0.05) is 0 Å². The lowest BCUT2D eigenvalue weighted by atomic mass is 10.0. The summed E-state index contributed by atoms with van der Waals surface area (Å²) in [7, 11) is -3.92. The van der Waals surface area contributed by atoms with E-state index in [0.29, 0.717) is 9.21 Å². The molecule has 4 rings (SSSR count). The molecule has 0 aromatic carbocycles. The van der Waals surface area contributed by atoms with Gasteiger partial charge in [0.15, 0.2) is 10.9 Å². The number of fused-ring (bicyclic) bond motifs is 1. The van der Waals surface area contributed by atoms with Crippen molar-refractivity contribution in [1.82, 2.24) is 24.7 Å². The van der Waals surface area contributed by atoms with Gasteiger partial charge in [-0.2, -0.15) is 0 Å². The van der Waals surface area contributed by atoms with Crippen LogP contribution in [0.3, 0.4) is 0 Å². The number of β-lactam (4-membered cyclic amide) rings is 1. The number of hydrogen-bond donors (Lipinski definition) is 3. The van der Waals surface area contributed by atoms with Gasteiger partial charge in [0.25, 0.3) is 11.8 Å². The lowest BCUT2D eigenvalue weighted by Gasteiger charge is -2.56. The quantitative estimate of drug-likeness (QED) is 0.182. The van der Waals surface area contributed by atoms with E-state index in [9.17, 15) is 42.3 Å². The van der Waals surface area contributed by atoms with E-state index >= 15 is 0 Å². The number of ether oxygens (including phenoxy) is 1. The van der Waals surface area contributed by atoms with Crippen molar-refractivity contribution in [1.29, 1.82) is 0 Å². The van der Waals surface area contributed by atoms with E-state index in [4.69, 9.17) is 9.15 Å². The lowest BCUT2D eigenvalue weighted by molar-refractivity contribution is -0.153. The summed E-state index contributed by atoms with van der Waals surface area (Å²) in [6.45, 7) is 0.321. The third-order valence-corrected chi connectivity index (χ3v) is 10.2. The summed E-state index contributed by atoms with van der Waals surface area (Å²) in [4.78, 5) is 75.8. The molecule has 0 spiro atoms. The predicted octanol–water partition coefficient (Wildman–Crippen LogP) is -0.280. The number of hydrogen-bond acceptors (Lipinski definition) is 12. The highest BCUT2D eigenvalue weighted by Gasteiger charge is 2.66. The summed E-state index contributed by atoms with van der Waals surface area (Å²) in [6, 6.07) is -0.894. The molecule has 222 valence electrons. The van der Waals surface area contributed by atoms with Crippen LogP contribution in [0.4, 0.5) is 9.59 Å². The van der Waals surface area contributed by atoms with Crippen LogP contribution < -0.4 is 10.6 Å². The zero-order chi connectivity index (χ0) is 30.3. The number of carboxylic acid groups (broad SMARTS) is 1. The van der Waals surface area contributed by atoms with Crippen LogP contribution in [0.15, 0.2) is 34.1 Å². The molecular formula is C22H25N5O11S3. The van der Waals surface area contributed by atoms with Gasteiger partial charge in [-0.3, -0.25) is 19.3 Å². The summed E-state index contributed by atoms with van der Waals surface area (Å²) in [6.07, 6.45) is 3.60. The van der Waals surface area contributed by atoms with Gasteiger partial charge in [0.05, 0.1) is 25.6 Å². The van der Waals surface area contributed by atoms with Gasteiger partial charge in [0.2, 0.25) is 10.0 Å². The monoisotopic (exact) mass is 631 g/mol. The molecule has 3 N–H and O–H groups in total. The smallest absolute Gasteiger partial charge is 0.352 e. The van der Waals surface area contributed by atoms with Crippen LogP contribution in [0.2, 0.25) is 0 Å². The molecule has 0 aliphatic carbocycles. The van der Waals surface area contributed by atoms with Gasteiger partial charge in [-0.15, -0.1) is 23.5 Å². The highest BCUT2D eigenvalue weighted by molar-refractivity contribution is 8.05. The number of thioether (sulfide) groups is 2. The van der Waals surface area contributed by atoms with Crippen molar-refractivity contribution < 1.29 is 51.4 Å². The molecule has 6 amide bonds. The number of furan rings is 1. The molecule has 3 atom stereocenters. The number of urea groups is 2. The van der Waals surface area contributed by atoms with Crippen molar-refractivity contribution in [3.8, 4) is 0 Å². The molecule has 1 unspecified atom stereocenters. The number of amides is 6. The number of aliphatic carboxylic acids is 1. The fraction of sp³-hybridized carbons (Fsp3) is 0.455. The van der Waals surface area contributed by atoms with Gasteiger partial charge in [-0.25, -0.2) is 32.0 Å². The Morgan fingerprint density at radius 3 is 2.54 bits per heavy atom. The minimum absolute atomic E-state index is 0.0477. The van der Waals surface area contributed by atoms with Crippen LogP contribution in [0, 0.1) is 0 Å². The second-order valence-electron chi connectivity index (χ2n) is 8.97. The van der Waals surface area contributed by atoms with Crippen molar-refractivity contribution >= 4 is 69.4 Å². The molecule has 1 aromatic heterocycles. The summed E-state index contributed by atoms with van der Waals surface area (Å²) in [5.74, 6) is -3.65. The van der Waals surface area contributed by atoms with Crippen molar-refractivity contribution in [3.05, 3.63) is 35.4 Å². The molecule has 3 aliphatic rings. The molecule has 2 saturated heterocycles. The summed E-state index contributed by atoms with van der Waals surface area (Å²) < 4.78 is 34.4. The average Bonchev–Trinajstić information content (AvgIpc) is 3.57. The number of rotatable bonds is 9. The van der Waals surface area contributed by atoms with E-state index in [0.717, 1.165) is 34.7 Å². The molecular weight excluding hydrogens is 606 g/mol. The Kier molecular flexibility index (Phi) is 8.33. The molecule has 3 aliphatic heterocycles. The number of nitrogens with one attached hydrogen (secondary N) is 2. The first kappa shape index (κ1) is 30.3. The van der Waals surface area contributed by atoms with Crippen LogP contribution in [0.1, 0.15) is 18.7 Å². The Bertz CT molecular complexity index is 1440. The second-order valence-corrected chi connectivity index (χ2v) is 13.0. The number of carbonyl (C=O) groups excluding carboxylic acids is 5. The molecule has 2 fully saturated rings. The minimum atomic E-state index is -3.92. The maximum Gasteiger partial charge on any atom is 0.352 e. The highest BCUT2D eigenvalue weighted by atomic mass is 32.2. The summed E-state index contributed by atoms with van der Waals surface area (Å²) in [5, 5.41) is 13.9. The number of sulfonamides is 1. The zero-order valence-corrected chi connectivity index (χ0v) is 24.3. The summed E-state index contributed by atoms with van der Waals surface area (Å²) in [5.41, 5.74) is -0.139. The van der Waals surface area contributed by atoms with Gasteiger partial charge in [0, 0.05) is 18.2 Å². The Morgan fingerprint density at radius 1 is 1.29 bits per heavy atom. The third kappa shape index (κ3) is 5.47. The van der Waals surface area contributed by atoms with E-state index in [1.165, 1.54) is 31.6 Å². The first-order chi connectivity index (χ1) is 19.2. The molecule has 0 radical (unpaired) electrons. The third-order valence-electron chi connectivity index (χ3n) is 6.37. The second kappa shape index (κ2) is 11.3. The molecule has 1 aromatic rings. The molecule has 4 heterocycles. The van der Waals surface area contributed by atoms with Gasteiger partial charge < -0.3 is 24.9 Å². The molecule has 0 bridgehead atoms. The molecule has 16 nitrogen and oxygen atoms in total.